The van der Waals surface area contributed by atoms with E-state index in [0.717, 1.165) is 11.8 Å². The Balaban J connectivity index is 1.71. The first kappa shape index (κ1) is 20.6. The van der Waals surface area contributed by atoms with Gasteiger partial charge < -0.3 is 9.47 Å². The van der Waals surface area contributed by atoms with Gasteiger partial charge in [-0.05, 0) is 24.6 Å². The van der Waals surface area contributed by atoms with Gasteiger partial charge in [-0.3, -0.25) is 4.79 Å². The molecule has 3 rings (SSSR count). The fourth-order valence-corrected chi connectivity index (χ4v) is 2.93. The highest BCUT2D eigenvalue weighted by Crippen LogP contribution is 2.26. The number of aromatic nitrogens is 4. The quantitative estimate of drug-likeness (QED) is 0.324. The van der Waals surface area contributed by atoms with Gasteiger partial charge in [-0.15, -0.1) is 13.2 Å². The second kappa shape index (κ2) is 8.95. The lowest BCUT2D eigenvalue weighted by atomic mass is 10.1. The van der Waals surface area contributed by atoms with Crippen LogP contribution in [0.4, 0.5) is 13.2 Å². The molecule has 0 aliphatic heterocycles. The van der Waals surface area contributed by atoms with E-state index in [1.807, 2.05) is 0 Å². The molecule has 0 unspecified atom stereocenters. The second-order valence-electron chi connectivity index (χ2n) is 5.54. The van der Waals surface area contributed by atoms with Crippen molar-refractivity contribution in [3.05, 3.63) is 48.9 Å². The summed E-state index contributed by atoms with van der Waals surface area (Å²) < 4.78 is 47.0. The molecule has 0 amide bonds. The average Bonchev–Trinajstić information content (AvgIpc) is 3.16. The van der Waals surface area contributed by atoms with Gasteiger partial charge in [-0.25, -0.2) is 14.6 Å². The number of hydrogen-bond donors (Lipinski definition) is 0. The van der Waals surface area contributed by atoms with Gasteiger partial charge in [0.1, 0.15) is 5.75 Å². The monoisotopic (exact) mass is 424 g/mol. The van der Waals surface area contributed by atoms with Gasteiger partial charge in [0.15, 0.2) is 11.0 Å². The lowest BCUT2D eigenvalue weighted by molar-refractivity contribution is -0.274. The summed E-state index contributed by atoms with van der Waals surface area (Å²) in [5, 5.41) is 4.61. The average molecular weight is 424 g/mol. The van der Waals surface area contributed by atoms with Crippen LogP contribution in [0.1, 0.15) is 6.92 Å². The van der Waals surface area contributed by atoms with Crippen molar-refractivity contribution in [3.63, 3.8) is 0 Å². The minimum Gasteiger partial charge on any atom is -0.465 e. The number of benzene rings is 1. The van der Waals surface area contributed by atoms with E-state index in [1.54, 1.807) is 31.6 Å². The molecule has 0 radical (unpaired) electrons. The van der Waals surface area contributed by atoms with Crippen LogP contribution in [0.3, 0.4) is 0 Å². The molecule has 0 N–H and O–H groups in total. The molecule has 0 saturated heterocycles. The maximum atomic E-state index is 12.3. The van der Waals surface area contributed by atoms with Crippen LogP contribution in [-0.4, -0.2) is 44.4 Å². The van der Waals surface area contributed by atoms with E-state index < -0.39 is 6.36 Å². The standard InChI is InChI=1S/C18H15F3N4O3S/c1-2-27-16(26)11-29-17-22-8-7-15(24-17)25-10-13(9-23-25)12-3-5-14(6-4-12)28-18(19,20)21/h3-10H,2,11H2,1H3. The molecule has 0 atom stereocenters. The Morgan fingerprint density at radius 1 is 1.17 bits per heavy atom. The first-order valence-electron chi connectivity index (χ1n) is 8.37. The fraction of sp³-hybridized carbons (Fsp3) is 0.222. The third kappa shape index (κ3) is 5.95. The van der Waals surface area contributed by atoms with E-state index in [-0.39, 0.29) is 17.5 Å². The van der Waals surface area contributed by atoms with Crippen molar-refractivity contribution in [2.75, 3.05) is 12.4 Å². The van der Waals surface area contributed by atoms with Crippen LogP contribution >= 0.6 is 11.8 Å². The molecule has 1 aromatic carbocycles. The number of carbonyl (C=O) groups is 1. The Kier molecular flexibility index (Phi) is 6.37. The number of halogens is 3. The molecule has 0 fully saturated rings. The van der Waals surface area contributed by atoms with Gasteiger partial charge in [0.2, 0.25) is 0 Å². The summed E-state index contributed by atoms with van der Waals surface area (Å²) in [7, 11) is 0. The van der Waals surface area contributed by atoms with Gasteiger partial charge in [0.05, 0.1) is 18.6 Å². The van der Waals surface area contributed by atoms with Crippen LogP contribution in [0.25, 0.3) is 16.9 Å². The number of ether oxygens (including phenoxy) is 2. The van der Waals surface area contributed by atoms with Crippen molar-refractivity contribution in [1.82, 2.24) is 19.7 Å². The second-order valence-corrected chi connectivity index (χ2v) is 6.48. The highest BCUT2D eigenvalue weighted by molar-refractivity contribution is 7.99. The Morgan fingerprint density at radius 2 is 1.93 bits per heavy atom. The summed E-state index contributed by atoms with van der Waals surface area (Å²) in [6.07, 6.45) is 0.0533. The largest absolute Gasteiger partial charge is 0.573 e. The molecule has 0 aliphatic carbocycles. The Hall–Kier alpha value is -3.08. The molecule has 0 saturated carbocycles. The van der Waals surface area contributed by atoms with Crippen molar-refractivity contribution < 1.29 is 27.4 Å². The van der Waals surface area contributed by atoms with E-state index in [4.69, 9.17) is 4.74 Å². The molecule has 0 bridgehead atoms. The van der Waals surface area contributed by atoms with E-state index >= 15 is 0 Å². The first-order valence-corrected chi connectivity index (χ1v) is 9.35. The minimum atomic E-state index is -4.73. The summed E-state index contributed by atoms with van der Waals surface area (Å²) >= 11 is 1.14. The number of alkyl halides is 3. The molecule has 0 aliphatic rings. The molecule has 2 heterocycles. The van der Waals surface area contributed by atoms with Crippen LogP contribution in [0.15, 0.2) is 54.1 Å². The van der Waals surface area contributed by atoms with Gasteiger partial charge in [0.25, 0.3) is 0 Å². The summed E-state index contributed by atoms with van der Waals surface area (Å²) in [5.41, 5.74) is 1.35. The molecule has 3 aromatic rings. The summed E-state index contributed by atoms with van der Waals surface area (Å²) in [6, 6.07) is 7.11. The molecule has 2 aromatic heterocycles. The predicted octanol–water partition coefficient (Wildman–Crippen LogP) is 3.88. The lowest BCUT2D eigenvalue weighted by Crippen LogP contribution is -2.16. The Bertz CT molecular complexity index is 977. The van der Waals surface area contributed by atoms with Crippen molar-refractivity contribution in [3.8, 4) is 22.7 Å². The smallest absolute Gasteiger partial charge is 0.465 e. The number of esters is 1. The van der Waals surface area contributed by atoms with Crippen molar-refractivity contribution in [2.45, 2.75) is 18.4 Å². The summed E-state index contributed by atoms with van der Waals surface area (Å²) in [6.45, 7) is 2.03. The van der Waals surface area contributed by atoms with Crippen molar-refractivity contribution in [2.24, 2.45) is 0 Å². The van der Waals surface area contributed by atoms with E-state index in [1.165, 1.54) is 28.9 Å². The van der Waals surface area contributed by atoms with E-state index in [2.05, 4.69) is 19.8 Å². The predicted molar refractivity (Wildman–Crippen MR) is 98.6 cm³/mol. The zero-order chi connectivity index (χ0) is 20.9. The molecular weight excluding hydrogens is 409 g/mol. The normalized spacial score (nSPS) is 11.3. The zero-order valence-corrected chi connectivity index (χ0v) is 15.9. The third-order valence-corrected chi connectivity index (χ3v) is 4.32. The van der Waals surface area contributed by atoms with Crippen molar-refractivity contribution >= 4 is 17.7 Å². The molecule has 152 valence electrons. The number of nitrogens with zero attached hydrogens (tertiary/aromatic N) is 4. The van der Waals surface area contributed by atoms with Gasteiger partial charge in [-0.2, -0.15) is 5.10 Å². The lowest BCUT2D eigenvalue weighted by Gasteiger charge is -2.08. The highest BCUT2D eigenvalue weighted by atomic mass is 32.2. The van der Waals surface area contributed by atoms with Crippen LogP contribution in [0.2, 0.25) is 0 Å². The van der Waals surface area contributed by atoms with Gasteiger partial charge in [0, 0.05) is 24.0 Å². The third-order valence-electron chi connectivity index (χ3n) is 3.48. The fourth-order valence-electron chi connectivity index (χ4n) is 2.30. The zero-order valence-electron chi connectivity index (χ0n) is 15.1. The molecule has 11 heteroatoms. The van der Waals surface area contributed by atoms with Crippen LogP contribution < -0.4 is 4.74 Å². The maximum Gasteiger partial charge on any atom is 0.573 e. The van der Waals surface area contributed by atoms with Gasteiger partial charge in [-0.1, -0.05) is 23.9 Å². The topological polar surface area (TPSA) is 79.1 Å². The summed E-state index contributed by atoms with van der Waals surface area (Å²) in [4.78, 5) is 19.9. The Labute approximate surface area is 167 Å². The SMILES string of the molecule is CCOC(=O)CSc1nccc(-n2cc(-c3ccc(OC(F)(F)F)cc3)cn2)n1. The van der Waals surface area contributed by atoms with Crippen molar-refractivity contribution in [1.29, 1.82) is 0 Å². The Morgan fingerprint density at radius 3 is 2.62 bits per heavy atom. The highest BCUT2D eigenvalue weighted by Gasteiger charge is 2.30. The molecule has 29 heavy (non-hydrogen) atoms. The first-order chi connectivity index (χ1) is 13.8. The number of carbonyl (C=O) groups excluding carboxylic acids is 1. The van der Waals surface area contributed by atoms with Crippen LogP contribution in [0.5, 0.6) is 5.75 Å². The van der Waals surface area contributed by atoms with E-state index in [0.29, 0.717) is 28.7 Å². The molecule has 7 nitrogen and oxygen atoms in total. The number of rotatable bonds is 7. The molecule has 0 spiro atoms. The van der Waals surface area contributed by atoms with Crippen LogP contribution in [-0.2, 0) is 9.53 Å². The molecular formula is C18H15F3N4O3S. The van der Waals surface area contributed by atoms with Gasteiger partial charge >= 0.3 is 12.3 Å². The number of hydrogen-bond acceptors (Lipinski definition) is 7. The van der Waals surface area contributed by atoms with E-state index in [9.17, 15) is 18.0 Å². The number of thioether (sulfide) groups is 1. The summed E-state index contributed by atoms with van der Waals surface area (Å²) in [5.74, 6) is -0.0817. The maximum absolute atomic E-state index is 12.3. The minimum absolute atomic E-state index is 0.0913. The van der Waals surface area contributed by atoms with Crippen LogP contribution in [0, 0.1) is 0 Å².